The van der Waals surface area contributed by atoms with Crippen molar-refractivity contribution in [3.63, 3.8) is 0 Å². The van der Waals surface area contributed by atoms with Gasteiger partial charge in [0.1, 0.15) is 10.6 Å². The van der Waals surface area contributed by atoms with Crippen molar-refractivity contribution in [3.05, 3.63) is 34.1 Å². The van der Waals surface area contributed by atoms with Gasteiger partial charge in [0.2, 0.25) is 5.91 Å². The predicted molar refractivity (Wildman–Crippen MR) is 80.7 cm³/mol. The molecular weight excluding hydrogens is 345 g/mol. The van der Waals surface area contributed by atoms with Crippen LogP contribution >= 0.6 is 27.7 Å². The summed E-state index contributed by atoms with van der Waals surface area (Å²) in [6.45, 7) is 1.81. The lowest BCUT2D eigenvalue weighted by molar-refractivity contribution is -0.118. The van der Waals surface area contributed by atoms with Gasteiger partial charge >= 0.3 is 0 Å². The Labute approximate surface area is 128 Å². The zero-order valence-electron chi connectivity index (χ0n) is 10.7. The molecule has 1 fully saturated rings. The summed E-state index contributed by atoms with van der Waals surface area (Å²) in [5.41, 5.74) is 10.9. The van der Waals surface area contributed by atoms with Crippen molar-refractivity contribution < 1.29 is 9.18 Å². The minimum atomic E-state index is -0.863. The number of amidine groups is 1. The molecule has 7 heteroatoms. The number of fused-ring (bicyclic) bond motifs is 1. The Balaban J connectivity index is 2.14. The molecule has 20 heavy (non-hydrogen) atoms. The topological polar surface area (TPSA) is 81.5 Å². The fourth-order valence-electron chi connectivity index (χ4n) is 2.98. The van der Waals surface area contributed by atoms with E-state index in [0.717, 1.165) is 4.47 Å². The third kappa shape index (κ3) is 1.79. The lowest BCUT2D eigenvalue weighted by atomic mass is 9.85. The highest BCUT2D eigenvalue weighted by molar-refractivity contribution is 9.10. The molecule has 1 heterocycles. The molecule has 1 saturated carbocycles. The van der Waals surface area contributed by atoms with Gasteiger partial charge in [-0.1, -0.05) is 27.7 Å². The third-order valence-electron chi connectivity index (χ3n) is 4.11. The van der Waals surface area contributed by atoms with E-state index in [1.807, 2.05) is 0 Å². The van der Waals surface area contributed by atoms with Crippen molar-refractivity contribution in [2.45, 2.75) is 23.6 Å². The molecule has 1 aliphatic carbocycles. The Morgan fingerprint density at radius 2 is 2.30 bits per heavy atom. The van der Waals surface area contributed by atoms with Gasteiger partial charge < -0.3 is 11.5 Å². The van der Waals surface area contributed by atoms with Crippen LogP contribution in [0.2, 0.25) is 0 Å². The van der Waals surface area contributed by atoms with Crippen LogP contribution in [-0.2, 0) is 10.3 Å². The normalized spacial score (nSPS) is 35.1. The summed E-state index contributed by atoms with van der Waals surface area (Å²) in [4.78, 5) is 16.1. The third-order valence-corrected chi connectivity index (χ3v) is 5.92. The van der Waals surface area contributed by atoms with Gasteiger partial charge in [0.05, 0.1) is 5.54 Å². The van der Waals surface area contributed by atoms with E-state index in [2.05, 4.69) is 20.9 Å². The standard InChI is InChI=1S/C13H13BrFN3OS/c1-12(7-4-6(14)2-3-8(7)15)9-5-13(9,10(16)19)20-11(17)18-12/h2-4,9H,5H2,1H3,(H2,16,19)(H2,17,18)/t9-,12+,13-/m0/s1. The monoisotopic (exact) mass is 357 g/mol. The van der Waals surface area contributed by atoms with Gasteiger partial charge in [-0.25, -0.2) is 4.39 Å². The lowest BCUT2D eigenvalue weighted by Crippen LogP contribution is -2.42. The van der Waals surface area contributed by atoms with Crippen LogP contribution in [0, 0.1) is 11.7 Å². The molecule has 1 amide bonds. The fraction of sp³-hybridized carbons (Fsp3) is 0.385. The molecular formula is C13H13BrFN3OS. The molecule has 1 aromatic rings. The van der Waals surface area contributed by atoms with Crippen LogP contribution < -0.4 is 11.5 Å². The molecule has 2 aliphatic rings. The first kappa shape index (κ1) is 13.9. The quantitative estimate of drug-likeness (QED) is 0.850. The summed E-state index contributed by atoms with van der Waals surface area (Å²) < 4.78 is 14.2. The van der Waals surface area contributed by atoms with E-state index < -0.39 is 16.2 Å². The number of hydrogen-bond donors (Lipinski definition) is 2. The van der Waals surface area contributed by atoms with Crippen molar-refractivity contribution in [1.82, 2.24) is 0 Å². The number of benzene rings is 1. The average Bonchev–Trinajstić information content (AvgIpc) is 3.09. The van der Waals surface area contributed by atoms with Gasteiger partial charge in [-0.15, -0.1) is 0 Å². The van der Waals surface area contributed by atoms with Gasteiger partial charge in [-0.3, -0.25) is 9.79 Å². The highest BCUT2D eigenvalue weighted by Crippen LogP contribution is 2.65. The molecule has 1 aromatic carbocycles. The zero-order valence-corrected chi connectivity index (χ0v) is 13.1. The number of nitrogens with two attached hydrogens (primary N) is 2. The number of rotatable bonds is 2. The van der Waals surface area contributed by atoms with Crippen LogP contribution in [0.25, 0.3) is 0 Å². The Bertz CT molecular complexity index is 653. The first-order valence-electron chi connectivity index (χ1n) is 6.09. The number of halogens is 2. The molecule has 0 unspecified atom stereocenters. The number of primary amides is 1. The van der Waals surface area contributed by atoms with Crippen LogP contribution in [0.4, 0.5) is 4.39 Å². The molecule has 0 aromatic heterocycles. The maximum Gasteiger partial charge on any atom is 0.234 e. The molecule has 0 radical (unpaired) electrons. The lowest BCUT2D eigenvalue weighted by Gasteiger charge is -2.33. The molecule has 0 saturated heterocycles. The molecule has 1 aliphatic heterocycles. The first-order chi connectivity index (χ1) is 9.29. The maximum atomic E-state index is 14.2. The van der Waals surface area contributed by atoms with Crippen molar-refractivity contribution in [2.24, 2.45) is 22.4 Å². The van der Waals surface area contributed by atoms with E-state index in [-0.39, 0.29) is 16.9 Å². The second-order valence-electron chi connectivity index (χ2n) is 5.33. The van der Waals surface area contributed by atoms with Crippen LogP contribution in [0.3, 0.4) is 0 Å². The average molecular weight is 358 g/mol. The number of amides is 1. The highest BCUT2D eigenvalue weighted by atomic mass is 79.9. The smallest absolute Gasteiger partial charge is 0.234 e. The van der Waals surface area contributed by atoms with Gasteiger partial charge in [0.15, 0.2) is 5.17 Å². The van der Waals surface area contributed by atoms with E-state index >= 15 is 0 Å². The first-order valence-corrected chi connectivity index (χ1v) is 7.70. The van der Waals surface area contributed by atoms with Gasteiger partial charge in [-0.05, 0) is 31.5 Å². The molecule has 3 rings (SSSR count). The summed E-state index contributed by atoms with van der Waals surface area (Å²) in [5, 5.41) is 0.277. The van der Waals surface area contributed by atoms with E-state index in [0.29, 0.717) is 12.0 Å². The van der Waals surface area contributed by atoms with E-state index in [1.165, 1.54) is 17.8 Å². The second-order valence-corrected chi connectivity index (χ2v) is 7.60. The summed E-state index contributed by atoms with van der Waals surface area (Å²) in [7, 11) is 0. The van der Waals surface area contributed by atoms with Gasteiger partial charge in [0.25, 0.3) is 0 Å². The minimum Gasteiger partial charge on any atom is -0.378 e. The maximum absolute atomic E-state index is 14.2. The van der Waals surface area contributed by atoms with Crippen LogP contribution in [0.1, 0.15) is 18.9 Å². The SMILES string of the molecule is C[C@]1(c2cc(Br)ccc2F)N=C(N)S[C@@]2(C(N)=O)C[C@H]21. The Morgan fingerprint density at radius 3 is 2.95 bits per heavy atom. The molecule has 3 atom stereocenters. The van der Waals surface area contributed by atoms with Crippen molar-refractivity contribution >= 4 is 38.8 Å². The molecule has 0 spiro atoms. The Kier molecular flexibility index (Phi) is 2.92. The van der Waals surface area contributed by atoms with E-state index in [9.17, 15) is 9.18 Å². The Morgan fingerprint density at radius 1 is 1.60 bits per heavy atom. The molecule has 4 nitrogen and oxygen atoms in total. The van der Waals surface area contributed by atoms with Gasteiger partial charge in [0, 0.05) is 16.0 Å². The van der Waals surface area contributed by atoms with Crippen LogP contribution in [-0.4, -0.2) is 15.8 Å². The molecule has 0 bridgehead atoms. The zero-order chi connectivity index (χ0) is 14.7. The van der Waals surface area contributed by atoms with Crippen LogP contribution in [0.15, 0.2) is 27.7 Å². The van der Waals surface area contributed by atoms with Crippen molar-refractivity contribution in [2.75, 3.05) is 0 Å². The largest absolute Gasteiger partial charge is 0.378 e. The summed E-state index contributed by atoms with van der Waals surface area (Å²) >= 11 is 4.53. The number of carbonyl (C=O) groups is 1. The minimum absolute atomic E-state index is 0.131. The fourth-order valence-corrected chi connectivity index (χ4v) is 4.67. The summed E-state index contributed by atoms with van der Waals surface area (Å²) in [6, 6.07) is 4.69. The van der Waals surface area contributed by atoms with Crippen molar-refractivity contribution in [3.8, 4) is 0 Å². The second kappa shape index (κ2) is 4.21. The van der Waals surface area contributed by atoms with Crippen LogP contribution in [0.5, 0.6) is 0 Å². The predicted octanol–water partition coefficient (Wildman–Crippen LogP) is 2.11. The number of carbonyl (C=O) groups excluding carboxylic acids is 1. The Hall–Kier alpha value is -1.08. The molecule has 106 valence electrons. The highest BCUT2D eigenvalue weighted by Gasteiger charge is 2.70. The van der Waals surface area contributed by atoms with E-state index in [4.69, 9.17) is 11.5 Å². The van der Waals surface area contributed by atoms with Crippen molar-refractivity contribution in [1.29, 1.82) is 0 Å². The number of thioether (sulfide) groups is 1. The van der Waals surface area contributed by atoms with E-state index in [1.54, 1.807) is 19.1 Å². The summed E-state index contributed by atoms with van der Waals surface area (Å²) in [6.07, 6.45) is 0.569. The number of hydrogen-bond acceptors (Lipinski definition) is 4. The van der Waals surface area contributed by atoms with Gasteiger partial charge in [-0.2, -0.15) is 0 Å². The number of aliphatic imine (C=N–C) groups is 1. The molecule has 4 N–H and O–H groups in total. The summed E-state index contributed by atoms with van der Waals surface area (Å²) in [5.74, 6) is -0.898. The number of nitrogens with zero attached hydrogens (tertiary/aromatic N) is 1.